The van der Waals surface area contributed by atoms with Crippen molar-refractivity contribution < 1.29 is 4.79 Å². The molecule has 3 nitrogen and oxygen atoms in total. The van der Waals surface area contributed by atoms with Crippen molar-refractivity contribution in [3.63, 3.8) is 0 Å². The molecule has 0 saturated carbocycles. The first-order chi connectivity index (χ1) is 8.99. The molecule has 1 saturated heterocycles. The molecule has 0 bridgehead atoms. The van der Waals surface area contributed by atoms with Gasteiger partial charge in [-0.3, -0.25) is 4.79 Å². The number of carbonyl (C=O) groups excluding carboxylic acids is 1. The molecule has 0 unspecified atom stereocenters. The van der Waals surface area contributed by atoms with Crippen molar-refractivity contribution in [2.45, 2.75) is 32.7 Å². The fraction of sp³-hybridized carbons (Fsp3) is 0.533. The van der Waals surface area contributed by atoms with E-state index in [2.05, 4.69) is 15.9 Å². The second kappa shape index (κ2) is 6.06. The van der Waals surface area contributed by atoms with Gasteiger partial charge in [-0.1, -0.05) is 15.9 Å². The minimum atomic E-state index is 0.135. The van der Waals surface area contributed by atoms with Gasteiger partial charge >= 0.3 is 0 Å². The predicted octanol–water partition coefficient (Wildman–Crippen LogP) is 2.96. The van der Waals surface area contributed by atoms with Gasteiger partial charge in [-0.15, -0.1) is 0 Å². The van der Waals surface area contributed by atoms with E-state index in [1.165, 1.54) is 0 Å². The van der Waals surface area contributed by atoms with Crippen LogP contribution in [0.4, 0.5) is 0 Å². The van der Waals surface area contributed by atoms with Crippen LogP contribution in [0.1, 0.15) is 35.7 Å². The van der Waals surface area contributed by atoms with Crippen molar-refractivity contribution in [2.24, 2.45) is 11.7 Å². The van der Waals surface area contributed by atoms with E-state index in [4.69, 9.17) is 5.73 Å². The Bertz CT molecular complexity index is 473. The van der Waals surface area contributed by atoms with Crippen LogP contribution in [0.25, 0.3) is 0 Å². The molecule has 19 heavy (non-hydrogen) atoms. The van der Waals surface area contributed by atoms with Crippen molar-refractivity contribution in [1.82, 2.24) is 4.90 Å². The lowest BCUT2D eigenvalue weighted by molar-refractivity contribution is 0.0660. The van der Waals surface area contributed by atoms with Gasteiger partial charge < -0.3 is 10.6 Å². The van der Waals surface area contributed by atoms with Crippen LogP contribution in [-0.4, -0.2) is 29.9 Å². The number of carbonyl (C=O) groups is 1. The first-order valence-corrected chi connectivity index (χ1v) is 7.59. The van der Waals surface area contributed by atoms with E-state index in [9.17, 15) is 4.79 Å². The Kier molecular flexibility index (Phi) is 4.63. The Labute approximate surface area is 123 Å². The van der Waals surface area contributed by atoms with Crippen molar-refractivity contribution in [2.75, 3.05) is 13.1 Å². The number of rotatable bonds is 2. The van der Waals surface area contributed by atoms with E-state index in [0.717, 1.165) is 41.5 Å². The number of likely N-dealkylation sites (tertiary alicyclic amines) is 1. The Morgan fingerprint density at radius 3 is 2.89 bits per heavy atom. The summed E-state index contributed by atoms with van der Waals surface area (Å²) in [7, 11) is 0. The Balaban J connectivity index is 2.15. The SMILES string of the molecule is Cc1cc(Br)ccc1C(=O)N1CCC[C@@H]([C@@H](C)N)C1. The molecule has 2 N–H and O–H groups in total. The Hall–Kier alpha value is -0.870. The zero-order valence-electron chi connectivity index (χ0n) is 11.5. The molecule has 2 atom stereocenters. The summed E-state index contributed by atoms with van der Waals surface area (Å²) in [5.74, 6) is 0.559. The van der Waals surface area contributed by atoms with Crippen LogP contribution < -0.4 is 5.73 Å². The minimum absolute atomic E-state index is 0.135. The highest BCUT2D eigenvalue weighted by Gasteiger charge is 2.26. The lowest BCUT2D eigenvalue weighted by atomic mass is 9.91. The summed E-state index contributed by atoms with van der Waals surface area (Å²) in [6.45, 7) is 5.64. The van der Waals surface area contributed by atoms with E-state index in [0.29, 0.717) is 5.92 Å². The fourth-order valence-corrected chi connectivity index (χ4v) is 3.14. The molecule has 0 aromatic heterocycles. The van der Waals surface area contributed by atoms with Gasteiger partial charge in [-0.2, -0.15) is 0 Å². The summed E-state index contributed by atoms with van der Waals surface area (Å²) in [6.07, 6.45) is 2.17. The highest BCUT2D eigenvalue weighted by atomic mass is 79.9. The fourth-order valence-electron chi connectivity index (χ4n) is 2.66. The van der Waals surface area contributed by atoms with Gasteiger partial charge in [0.1, 0.15) is 0 Å². The number of aryl methyl sites for hydroxylation is 1. The summed E-state index contributed by atoms with van der Waals surface area (Å²) in [5, 5.41) is 0. The topological polar surface area (TPSA) is 46.3 Å². The van der Waals surface area contributed by atoms with Crippen LogP contribution >= 0.6 is 15.9 Å². The summed E-state index contributed by atoms with van der Waals surface area (Å²) >= 11 is 3.43. The highest BCUT2D eigenvalue weighted by Crippen LogP contribution is 2.23. The first-order valence-electron chi connectivity index (χ1n) is 6.80. The average Bonchev–Trinajstić information content (AvgIpc) is 2.38. The van der Waals surface area contributed by atoms with E-state index < -0.39 is 0 Å². The number of hydrogen-bond acceptors (Lipinski definition) is 2. The van der Waals surface area contributed by atoms with Crippen molar-refractivity contribution >= 4 is 21.8 Å². The monoisotopic (exact) mass is 324 g/mol. The summed E-state index contributed by atoms with van der Waals surface area (Å²) in [6, 6.07) is 5.96. The van der Waals surface area contributed by atoms with Crippen LogP contribution in [0.2, 0.25) is 0 Å². The lowest BCUT2D eigenvalue weighted by Gasteiger charge is -2.35. The van der Waals surface area contributed by atoms with Gasteiger partial charge in [-0.05, 0) is 56.4 Å². The maximum atomic E-state index is 12.6. The normalized spacial score (nSPS) is 21.3. The summed E-state index contributed by atoms with van der Waals surface area (Å²) in [4.78, 5) is 14.5. The second-order valence-electron chi connectivity index (χ2n) is 5.47. The average molecular weight is 325 g/mol. The lowest BCUT2D eigenvalue weighted by Crippen LogP contribution is -2.45. The molecule has 0 spiro atoms. The van der Waals surface area contributed by atoms with Crippen LogP contribution in [0, 0.1) is 12.8 Å². The summed E-state index contributed by atoms with van der Waals surface area (Å²) in [5.41, 5.74) is 7.79. The number of hydrogen-bond donors (Lipinski definition) is 1. The van der Waals surface area contributed by atoms with Gasteiger partial charge in [0, 0.05) is 29.2 Å². The number of nitrogens with zero attached hydrogens (tertiary/aromatic N) is 1. The van der Waals surface area contributed by atoms with Crippen LogP contribution in [0.15, 0.2) is 22.7 Å². The molecule has 2 rings (SSSR count). The van der Waals surface area contributed by atoms with E-state index in [-0.39, 0.29) is 11.9 Å². The smallest absolute Gasteiger partial charge is 0.254 e. The van der Waals surface area contributed by atoms with Crippen LogP contribution in [-0.2, 0) is 0 Å². The third-order valence-electron chi connectivity index (χ3n) is 3.91. The molecule has 0 aliphatic carbocycles. The largest absolute Gasteiger partial charge is 0.338 e. The van der Waals surface area contributed by atoms with Crippen molar-refractivity contribution in [1.29, 1.82) is 0 Å². The van der Waals surface area contributed by atoms with Crippen LogP contribution in [0.3, 0.4) is 0 Å². The number of nitrogens with two attached hydrogens (primary N) is 1. The second-order valence-corrected chi connectivity index (χ2v) is 6.39. The Morgan fingerprint density at radius 1 is 1.53 bits per heavy atom. The number of halogens is 1. The van der Waals surface area contributed by atoms with Crippen molar-refractivity contribution in [3.8, 4) is 0 Å². The zero-order chi connectivity index (χ0) is 14.0. The van der Waals surface area contributed by atoms with E-state index >= 15 is 0 Å². The number of piperidine rings is 1. The molecule has 4 heteroatoms. The van der Waals surface area contributed by atoms with E-state index in [1.54, 1.807) is 0 Å². The van der Waals surface area contributed by atoms with E-state index in [1.807, 2.05) is 36.9 Å². The third kappa shape index (κ3) is 3.37. The third-order valence-corrected chi connectivity index (χ3v) is 4.40. The zero-order valence-corrected chi connectivity index (χ0v) is 13.1. The van der Waals surface area contributed by atoms with Gasteiger partial charge in [0.15, 0.2) is 0 Å². The molecule has 1 aliphatic rings. The number of benzene rings is 1. The summed E-state index contributed by atoms with van der Waals surface area (Å²) < 4.78 is 1.01. The molecular formula is C15H21BrN2O. The van der Waals surface area contributed by atoms with Gasteiger partial charge in [0.2, 0.25) is 0 Å². The molecule has 1 aromatic rings. The van der Waals surface area contributed by atoms with Gasteiger partial charge in [0.05, 0.1) is 0 Å². The number of amides is 1. The van der Waals surface area contributed by atoms with Gasteiger partial charge in [-0.25, -0.2) is 0 Å². The maximum absolute atomic E-state index is 12.6. The molecular weight excluding hydrogens is 304 g/mol. The standard InChI is InChI=1S/C15H21BrN2O/c1-10-8-13(16)5-6-14(10)15(19)18-7-3-4-12(9-18)11(2)17/h5-6,8,11-12H,3-4,7,9,17H2,1-2H3/t11-,12-/m1/s1. The van der Waals surface area contributed by atoms with Crippen molar-refractivity contribution in [3.05, 3.63) is 33.8 Å². The minimum Gasteiger partial charge on any atom is -0.338 e. The molecule has 1 heterocycles. The molecule has 1 aromatic carbocycles. The Morgan fingerprint density at radius 2 is 2.26 bits per heavy atom. The maximum Gasteiger partial charge on any atom is 0.254 e. The quantitative estimate of drug-likeness (QED) is 0.909. The molecule has 0 radical (unpaired) electrons. The first kappa shape index (κ1) is 14.5. The van der Waals surface area contributed by atoms with Gasteiger partial charge in [0.25, 0.3) is 5.91 Å². The highest BCUT2D eigenvalue weighted by molar-refractivity contribution is 9.10. The van der Waals surface area contributed by atoms with Crippen LogP contribution in [0.5, 0.6) is 0 Å². The predicted molar refractivity (Wildman–Crippen MR) is 81.2 cm³/mol. The molecule has 104 valence electrons. The molecule has 1 fully saturated rings. The molecule has 1 aliphatic heterocycles. The molecule has 1 amide bonds.